The van der Waals surface area contributed by atoms with Crippen LogP contribution >= 0.6 is 0 Å². The van der Waals surface area contributed by atoms with Gasteiger partial charge in [0.15, 0.2) is 0 Å². The molecule has 1 aliphatic rings. The van der Waals surface area contributed by atoms with Gasteiger partial charge in [0.2, 0.25) is 0 Å². The van der Waals surface area contributed by atoms with E-state index in [2.05, 4.69) is 0 Å². The Morgan fingerprint density at radius 2 is 2.10 bits per heavy atom. The van der Waals surface area contributed by atoms with Crippen LogP contribution in [-0.2, 0) is 6.18 Å². The number of nitrogens with zero attached hydrogens (tertiary/aromatic N) is 2. The zero-order valence-corrected chi connectivity index (χ0v) is 11.1. The van der Waals surface area contributed by atoms with Crippen molar-refractivity contribution in [2.45, 2.75) is 25.6 Å². The van der Waals surface area contributed by atoms with Gasteiger partial charge in [-0.25, -0.2) is 0 Å². The van der Waals surface area contributed by atoms with Crippen LogP contribution in [0.25, 0.3) is 0 Å². The normalized spacial score (nSPS) is 23.5. The van der Waals surface area contributed by atoms with Gasteiger partial charge < -0.3 is 10.6 Å². The summed E-state index contributed by atoms with van der Waals surface area (Å²) < 4.78 is 38.8. The summed E-state index contributed by atoms with van der Waals surface area (Å²) in [5, 5.41) is 8.78. The number of hydrogen-bond acceptors (Lipinski definition) is 3. The smallest absolute Gasteiger partial charge is 0.371 e. The quantitative estimate of drug-likeness (QED) is 0.862. The third kappa shape index (κ3) is 2.88. The van der Waals surface area contributed by atoms with Gasteiger partial charge >= 0.3 is 6.18 Å². The molecule has 0 saturated carbocycles. The molecule has 2 rings (SSSR count). The van der Waals surface area contributed by atoms with Crippen molar-refractivity contribution in [3.05, 3.63) is 29.3 Å². The van der Waals surface area contributed by atoms with Gasteiger partial charge in [0.25, 0.3) is 0 Å². The van der Waals surface area contributed by atoms with E-state index in [1.54, 1.807) is 12.1 Å². The Labute approximate surface area is 115 Å². The molecule has 20 heavy (non-hydrogen) atoms. The summed E-state index contributed by atoms with van der Waals surface area (Å²) >= 11 is 0. The average Bonchev–Trinajstić information content (AvgIpc) is 2.40. The van der Waals surface area contributed by atoms with E-state index < -0.39 is 11.7 Å². The molecule has 3 nitrogen and oxygen atoms in total. The lowest BCUT2D eigenvalue weighted by Gasteiger charge is -2.36. The summed E-state index contributed by atoms with van der Waals surface area (Å²) in [5.74, 6) is 0.230. The van der Waals surface area contributed by atoms with Crippen molar-refractivity contribution in [2.24, 2.45) is 11.7 Å². The minimum absolute atomic E-state index is 0.0896. The Kier molecular flexibility index (Phi) is 3.91. The molecular formula is C14H16F3N3. The molecule has 0 bridgehead atoms. The monoisotopic (exact) mass is 283 g/mol. The van der Waals surface area contributed by atoms with Crippen LogP contribution in [0.2, 0.25) is 0 Å². The maximum absolute atomic E-state index is 12.9. The fourth-order valence-electron chi connectivity index (χ4n) is 2.46. The van der Waals surface area contributed by atoms with Crippen LogP contribution in [0.3, 0.4) is 0 Å². The molecule has 0 amide bonds. The maximum atomic E-state index is 12.9. The van der Waals surface area contributed by atoms with Gasteiger partial charge in [-0.05, 0) is 30.5 Å². The molecule has 1 fully saturated rings. The lowest BCUT2D eigenvalue weighted by atomic mass is 9.94. The topological polar surface area (TPSA) is 53.0 Å². The largest absolute Gasteiger partial charge is 0.417 e. The molecule has 6 heteroatoms. The molecule has 1 aliphatic heterocycles. The molecule has 0 aliphatic carbocycles. The van der Waals surface area contributed by atoms with E-state index in [4.69, 9.17) is 11.0 Å². The van der Waals surface area contributed by atoms with E-state index in [0.717, 1.165) is 12.5 Å². The first kappa shape index (κ1) is 14.7. The Bertz CT molecular complexity index is 533. The van der Waals surface area contributed by atoms with Crippen LogP contribution in [0, 0.1) is 17.2 Å². The van der Waals surface area contributed by atoms with Crippen molar-refractivity contribution in [2.75, 3.05) is 18.0 Å². The van der Waals surface area contributed by atoms with Crippen molar-refractivity contribution in [1.29, 1.82) is 5.26 Å². The number of benzene rings is 1. The Balaban J connectivity index is 2.33. The molecule has 1 heterocycles. The van der Waals surface area contributed by atoms with Gasteiger partial charge in [-0.2, -0.15) is 18.4 Å². The lowest BCUT2D eigenvalue weighted by Crippen LogP contribution is -2.46. The number of rotatable bonds is 1. The summed E-state index contributed by atoms with van der Waals surface area (Å²) in [6.45, 7) is 3.25. The number of piperidine rings is 1. The number of nitrogens with two attached hydrogens (primary N) is 1. The van der Waals surface area contributed by atoms with Gasteiger partial charge in [0, 0.05) is 24.8 Å². The van der Waals surface area contributed by atoms with Crippen molar-refractivity contribution in [3.8, 4) is 6.07 Å². The standard InChI is InChI=1S/C14H16F3N3/c1-9-8-20(5-4-13(9)19)11-3-2-10(7-18)12(6-11)14(15,16)17/h2-3,6,9,13H,4-5,8,19H2,1H3. The first-order valence-corrected chi connectivity index (χ1v) is 6.45. The van der Waals surface area contributed by atoms with E-state index in [-0.39, 0.29) is 17.5 Å². The third-order valence-corrected chi connectivity index (χ3v) is 3.77. The third-order valence-electron chi connectivity index (χ3n) is 3.77. The fraction of sp³-hybridized carbons (Fsp3) is 0.500. The molecule has 0 aromatic heterocycles. The van der Waals surface area contributed by atoms with Crippen LogP contribution in [0.1, 0.15) is 24.5 Å². The number of alkyl halides is 3. The van der Waals surface area contributed by atoms with Gasteiger partial charge in [-0.3, -0.25) is 0 Å². The minimum Gasteiger partial charge on any atom is -0.371 e. The van der Waals surface area contributed by atoms with Crippen LogP contribution in [-0.4, -0.2) is 19.1 Å². The summed E-state index contributed by atoms with van der Waals surface area (Å²) in [5.41, 5.74) is 5.19. The summed E-state index contributed by atoms with van der Waals surface area (Å²) in [6, 6.07) is 5.54. The van der Waals surface area contributed by atoms with Crippen molar-refractivity contribution in [3.63, 3.8) is 0 Å². The van der Waals surface area contributed by atoms with E-state index in [1.165, 1.54) is 6.07 Å². The molecular weight excluding hydrogens is 267 g/mol. The number of halogens is 3. The fourth-order valence-corrected chi connectivity index (χ4v) is 2.46. The van der Waals surface area contributed by atoms with Crippen molar-refractivity contribution >= 4 is 5.69 Å². The minimum atomic E-state index is -4.52. The molecule has 1 aromatic rings. The predicted molar refractivity (Wildman–Crippen MR) is 70.1 cm³/mol. The molecule has 2 unspecified atom stereocenters. The second kappa shape index (κ2) is 5.33. The van der Waals surface area contributed by atoms with E-state index in [1.807, 2.05) is 11.8 Å². The van der Waals surface area contributed by atoms with Crippen LogP contribution in [0.15, 0.2) is 18.2 Å². The van der Waals surface area contributed by atoms with Gasteiger partial charge in [-0.1, -0.05) is 6.92 Å². The van der Waals surface area contributed by atoms with Gasteiger partial charge in [0.1, 0.15) is 0 Å². The highest BCUT2D eigenvalue weighted by Crippen LogP contribution is 2.35. The second-order valence-electron chi connectivity index (χ2n) is 5.22. The van der Waals surface area contributed by atoms with Crippen molar-refractivity contribution in [1.82, 2.24) is 0 Å². The Morgan fingerprint density at radius 1 is 1.40 bits per heavy atom. The number of anilines is 1. The molecule has 1 saturated heterocycles. The zero-order chi connectivity index (χ0) is 14.9. The second-order valence-corrected chi connectivity index (χ2v) is 5.22. The first-order chi connectivity index (χ1) is 9.32. The van der Waals surface area contributed by atoms with Crippen LogP contribution in [0.5, 0.6) is 0 Å². The zero-order valence-electron chi connectivity index (χ0n) is 11.1. The maximum Gasteiger partial charge on any atom is 0.417 e. The van der Waals surface area contributed by atoms with E-state index in [9.17, 15) is 13.2 Å². The highest BCUT2D eigenvalue weighted by Gasteiger charge is 2.34. The van der Waals surface area contributed by atoms with Gasteiger partial charge in [-0.15, -0.1) is 0 Å². The molecule has 2 atom stereocenters. The summed E-state index contributed by atoms with van der Waals surface area (Å²) in [7, 11) is 0. The van der Waals surface area contributed by atoms with Crippen LogP contribution in [0.4, 0.5) is 18.9 Å². The van der Waals surface area contributed by atoms with Gasteiger partial charge in [0.05, 0.1) is 17.2 Å². The predicted octanol–water partition coefficient (Wildman–Crippen LogP) is 2.75. The molecule has 2 N–H and O–H groups in total. The molecule has 108 valence electrons. The first-order valence-electron chi connectivity index (χ1n) is 6.45. The molecule has 0 radical (unpaired) electrons. The molecule has 1 aromatic carbocycles. The Morgan fingerprint density at radius 3 is 2.65 bits per heavy atom. The SMILES string of the molecule is CC1CN(c2ccc(C#N)c(C(F)(F)F)c2)CCC1N. The van der Waals surface area contributed by atoms with Crippen LogP contribution < -0.4 is 10.6 Å². The average molecular weight is 283 g/mol. The summed E-state index contributed by atoms with van der Waals surface area (Å²) in [4.78, 5) is 1.89. The highest BCUT2D eigenvalue weighted by atomic mass is 19.4. The van der Waals surface area contributed by atoms with E-state index >= 15 is 0 Å². The summed E-state index contributed by atoms with van der Waals surface area (Å²) in [6.07, 6.45) is -3.76. The number of nitriles is 1. The van der Waals surface area contributed by atoms with E-state index in [0.29, 0.717) is 18.8 Å². The number of hydrogen-bond donors (Lipinski definition) is 1. The molecule has 0 spiro atoms. The van der Waals surface area contributed by atoms with Crippen molar-refractivity contribution < 1.29 is 13.2 Å². The highest BCUT2D eigenvalue weighted by molar-refractivity contribution is 5.55. The Hall–Kier alpha value is -1.74. The lowest BCUT2D eigenvalue weighted by molar-refractivity contribution is -0.137.